The summed E-state index contributed by atoms with van der Waals surface area (Å²) in [6.07, 6.45) is 0. The average molecular weight is 480 g/mol. The van der Waals surface area contributed by atoms with Crippen LogP contribution in [0.15, 0.2) is 52.7 Å². The summed E-state index contributed by atoms with van der Waals surface area (Å²) in [5.41, 5.74) is 1.66. The van der Waals surface area contributed by atoms with Gasteiger partial charge in [-0.1, -0.05) is 17.7 Å². The summed E-state index contributed by atoms with van der Waals surface area (Å²) in [6, 6.07) is 11.0. The van der Waals surface area contributed by atoms with E-state index in [4.69, 9.17) is 16.3 Å². The van der Waals surface area contributed by atoms with Gasteiger partial charge in [-0.3, -0.25) is 10.1 Å². The van der Waals surface area contributed by atoms with Crippen LogP contribution < -0.4 is 10.1 Å². The third kappa shape index (κ3) is 5.07. The lowest BCUT2D eigenvalue weighted by Crippen LogP contribution is -2.33. The molecular formula is C21H22ClN3O4S2. The molecular weight excluding hydrogens is 458 g/mol. The Hall–Kier alpha value is -2.46. The third-order valence-electron chi connectivity index (χ3n) is 4.67. The largest absolute Gasteiger partial charge is 0.495 e. The molecule has 0 saturated carbocycles. The van der Waals surface area contributed by atoms with Gasteiger partial charge in [-0.25, -0.2) is 13.4 Å². The maximum absolute atomic E-state index is 12.7. The molecule has 3 aromatic rings. The Labute approximate surface area is 190 Å². The lowest BCUT2D eigenvalue weighted by atomic mass is 10.2. The lowest BCUT2D eigenvalue weighted by Gasteiger charge is -2.21. The maximum Gasteiger partial charge on any atom is 0.257 e. The van der Waals surface area contributed by atoms with Crippen molar-refractivity contribution < 1.29 is 17.9 Å². The predicted octanol–water partition coefficient (Wildman–Crippen LogP) is 4.75. The van der Waals surface area contributed by atoms with Gasteiger partial charge in [0.05, 0.1) is 22.7 Å². The number of benzene rings is 2. The molecule has 31 heavy (non-hydrogen) atoms. The van der Waals surface area contributed by atoms with E-state index in [2.05, 4.69) is 10.3 Å². The molecule has 0 atom stereocenters. The SMILES string of the molecule is COc1ccc(-c2csc(NC(=O)c3cccc(S(=O)(=O)N(C)C(C)C)c3)n2)cc1Cl. The molecule has 7 nitrogen and oxygen atoms in total. The van der Waals surface area contributed by atoms with Gasteiger partial charge in [-0.15, -0.1) is 11.3 Å². The molecule has 1 heterocycles. The Balaban J connectivity index is 1.80. The molecule has 1 aromatic heterocycles. The second-order valence-electron chi connectivity index (χ2n) is 6.98. The molecule has 0 aliphatic rings. The number of amides is 1. The number of ether oxygens (including phenoxy) is 1. The summed E-state index contributed by atoms with van der Waals surface area (Å²) in [5, 5.41) is 5.37. The predicted molar refractivity (Wildman–Crippen MR) is 124 cm³/mol. The molecule has 1 amide bonds. The van der Waals surface area contributed by atoms with Crippen molar-refractivity contribution in [2.75, 3.05) is 19.5 Å². The van der Waals surface area contributed by atoms with Crippen molar-refractivity contribution in [3.63, 3.8) is 0 Å². The van der Waals surface area contributed by atoms with Crippen LogP contribution in [0.1, 0.15) is 24.2 Å². The molecule has 0 aliphatic heterocycles. The molecule has 164 valence electrons. The number of nitrogens with one attached hydrogen (secondary N) is 1. The van der Waals surface area contributed by atoms with E-state index in [1.54, 1.807) is 50.6 Å². The highest BCUT2D eigenvalue weighted by Gasteiger charge is 2.24. The molecule has 3 rings (SSSR count). The first-order valence-corrected chi connectivity index (χ1v) is 12.0. The number of hydrogen-bond donors (Lipinski definition) is 1. The van der Waals surface area contributed by atoms with E-state index in [1.807, 2.05) is 6.07 Å². The van der Waals surface area contributed by atoms with E-state index in [0.717, 1.165) is 5.56 Å². The van der Waals surface area contributed by atoms with Crippen molar-refractivity contribution in [3.8, 4) is 17.0 Å². The van der Waals surface area contributed by atoms with Crippen molar-refractivity contribution >= 4 is 44.0 Å². The molecule has 0 saturated heterocycles. The summed E-state index contributed by atoms with van der Waals surface area (Å²) in [7, 11) is -0.642. The van der Waals surface area contributed by atoms with E-state index in [-0.39, 0.29) is 16.5 Å². The summed E-state index contributed by atoms with van der Waals surface area (Å²) >= 11 is 7.43. The Morgan fingerprint density at radius 3 is 2.61 bits per heavy atom. The highest BCUT2D eigenvalue weighted by Crippen LogP contribution is 2.32. The van der Waals surface area contributed by atoms with E-state index in [1.165, 1.54) is 34.8 Å². The van der Waals surface area contributed by atoms with Gasteiger partial charge in [0, 0.05) is 29.6 Å². The minimum absolute atomic E-state index is 0.0593. The van der Waals surface area contributed by atoms with Gasteiger partial charge in [0.15, 0.2) is 5.13 Å². The number of thiazole rings is 1. The number of nitrogens with zero attached hydrogens (tertiary/aromatic N) is 2. The zero-order chi connectivity index (χ0) is 22.8. The first-order valence-electron chi connectivity index (χ1n) is 9.32. The fourth-order valence-electron chi connectivity index (χ4n) is 2.70. The fraction of sp³-hybridized carbons (Fsp3) is 0.238. The van der Waals surface area contributed by atoms with Gasteiger partial charge >= 0.3 is 0 Å². The monoisotopic (exact) mass is 479 g/mol. The minimum atomic E-state index is -3.69. The summed E-state index contributed by atoms with van der Waals surface area (Å²) in [5.74, 6) is 0.116. The molecule has 10 heteroatoms. The first-order chi connectivity index (χ1) is 14.6. The van der Waals surface area contributed by atoms with Crippen molar-refractivity contribution in [2.24, 2.45) is 0 Å². The van der Waals surface area contributed by atoms with Gasteiger partial charge in [0.1, 0.15) is 5.75 Å². The Bertz CT molecular complexity index is 1210. The molecule has 0 spiro atoms. The number of halogens is 1. The van der Waals surface area contributed by atoms with E-state index in [9.17, 15) is 13.2 Å². The third-order valence-corrected chi connectivity index (χ3v) is 7.76. The molecule has 0 radical (unpaired) electrons. The quantitative estimate of drug-likeness (QED) is 0.528. The summed E-state index contributed by atoms with van der Waals surface area (Å²) < 4.78 is 31.8. The fourth-order valence-corrected chi connectivity index (χ4v) is 5.09. The summed E-state index contributed by atoms with van der Waals surface area (Å²) in [6.45, 7) is 3.56. The number of hydrogen-bond acceptors (Lipinski definition) is 6. The highest BCUT2D eigenvalue weighted by molar-refractivity contribution is 7.89. The van der Waals surface area contributed by atoms with Crippen molar-refractivity contribution in [3.05, 3.63) is 58.4 Å². The van der Waals surface area contributed by atoms with Crippen LogP contribution in [0.25, 0.3) is 11.3 Å². The van der Waals surface area contributed by atoms with Crippen LogP contribution >= 0.6 is 22.9 Å². The number of methoxy groups -OCH3 is 1. The van der Waals surface area contributed by atoms with Crippen LogP contribution in [0.2, 0.25) is 5.02 Å². The second kappa shape index (κ2) is 9.35. The van der Waals surface area contributed by atoms with Crippen LogP contribution in [0.4, 0.5) is 5.13 Å². The topological polar surface area (TPSA) is 88.6 Å². The molecule has 0 fully saturated rings. The molecule has 1 N–H and O–H groups in total. The van der Waals surface area contributed by atoms with Crippen LogP contribution in [-0.4, -0.2) is 43.8 Å². The van der Waals surface area contributed by atoms with E-state index < -0.39 is 15.9 Å². The van der Waals surface area contributed by atoms with Crippen LogP contribution in [0, 0.1) is 0 Å². The second-order valence-corrected chi connectivity index (χ2v) is 10.2. The smallest absolute Gasteiger partial charge is 0.257 e. The molecule has 0 bridgehead atoms. The van der Waals surface area contributed by atoms with Gasteiger partial charge in [0.25, 0.3) is 5.91 Å². The molecule has 2 aromatic carbocycles. The Morgan fingerprint density at radius 1 is 1.23 bits per heavy atom. The van der Waals surface area contributed by atoms with Gasteiger partial charge < -0.3 is 4.74 Å². The van der Waals surface area contributed by atoms with Crippen molar-refractivity contribution in [1.29, 1.82) is 0 Å². The van der Waals surface area contributed by atoms with Crippen LogP contribution in [0.5, 0.6) is 5.75 Å². The van der Waals surface area contributed by atoms with Crippen LogP contribution in [0.3, 0.4) is 0 Å². The Morgan fingerprint density at radius 2 is 1.97 bits per heavy atom. The number of aromatic nitrogens is 1. The number of carbonyl (C=O) groups is 1. The first kappa shape index (κ1) is 23.2. The van der Waals surface area contributed by atoms with Crippen molar-refractivity contribution in [1.82, 2.24) is 9.29 Å². The highest BCUT2D eigenvalue weighted by atomic mass is 35.5. The number of sulfonamides is 1. The van der Waals surface area contributed by atoms with Crippen molar-refractivity contribution in [2.45, 2.75) is 24.8 Å². The average Bonchev–Trinajstić information content (AvgIpc) is 3.21. The van der Waals surface area contributed by atoms with Gasteiger partial charge in [-0.2, -0.15) is 4.31 Å². The molecule has 0 unspecified atom stereocenters. The van der Waals surface area contributed by atoms with E-state index in [0.29, 0.717) is 21.6 Å². The number of anilines is 1. The lowest BCUT2D eigenvalue weighted by molar-refractivity contribution is 0.102. The normalized spacial score (nSPS) is 11.7. The maximum atomic E-state index is 12.7. The standard InChI is InChI=1S/C21H22ClN3O4S2/c1-13(2)25(3)31(27,28)16-7-5-6-15(10-16)20(26)24-21-23-18(12-30-21)14-8-9-19(29-4)17(22)11-14/h5-13H,1-4H3,(H,23,24,26). The summed E-state index contributed by atoms with van der Waals surface area (Å²) in [4.78, 5) is 17.2. The number of carbonyl (C=O) groups excluding carboxylic acids is 1. The molecule has 0 aliphatic carbocycles. The minimum Gasteiger partial charge on any atom is -0.495 e. The van der Waals surface area contributed by atoms with Gasteiger partial charge in [-0.05, 0) is 50.2 Å². The Kier molecular flexibility index (Phi) is 7.00. The zero-order valence-corrected chi connectivity index (χ0v) is 19.8. The zero-order valence-electron chi connectivity index (χ0n) is 17.4. The van der Waals surface area contributed by atoms with E-state index >= 15 is 0 Å². The van der Waals surface area contributed by atoms with Gasteiger partial charge in [0.2, 0.25) is 10.0 Å². The van der Waals surface area contributed by atoms with Crippen LogP contribution in [-0.2, 0) is 10.0 Å². The number of rotatable bonds is 7.